The van der Waals surface area contributed by atoms with E-state index in [2.05, 4.69) is 0 Å². The molecule has 2 unspecified atom stereocenters. The Morgan fingerprint density at radius 1 is 1.33 bits per heavy atom. The van der Waals surface area contributed by atoms with Crippen molar-refractivity contribution in [2.75, 3.05) is 20.3 Å². The van der Waals surface area contributed by atoms with Gasteiger partial charge in [0.05, 0.1) is 0 Å². The fraction of sp³-hybridized carbons (Fsp3) is 1.00. The summed E-state index contributed by atoms with van der Waals surface area (Å²) in [6.07, 6.45) is 6.66. The summed E-state index contributed by atoms with van der Waals surface area (Å²) in [5.74, 6) is 1.68. The number of hydrogen-bond acceptors (Lipinski definition) is 2. The fourth-order valence-corrected chi connectivity index (χ4v) is 2.29. The van der Waals surface area contributed by atoms with Crippen LogP contribution in [0.4, 0.5) is 0 Å². The minimum Gasteiger partial charge on any atom is -0.384 e. The van der Waals surface area contributed by atoms with Gasteiger partial charge in [-0.25, -0.2) is 0 Å². The lowest BCUT2D eigenvalue weighted by atomic mass is 9.80. The SMILES string of the molecule is COCC1CCCC(CCN)C1. The summed E-state index contributed by atoms with van der Waals surface area (Å²) in [6.45, 7) is 1.80. The van der Waals surface area contributed by atoms with Crippen molar-refractivity contribution in [2.24, 2.45) is 17.6 Å². The highest BCUT2D eigenvalue weighted by molar-refractivity contribution is 4.73. The Labute approximate surface area is 75.5 Å². The van der Waals surface area contributed by atoms with E-state index >= 15 is 0 Å². The van der Waals surface area contributed by atoms with Gasteiger partial charge in [-0.3, -0.25) is 0 Å². The van der Waals surface area contributed by atoms with Crippen LogP contribution in [0.5, 0.6) is 0 Å². The summed E-state index contributed by atoms with van der Waals surface area (Å²) in [5.41, 5.74) is 5.55. The highest BCUT2D eigenvalue weighted by Gasteiger charge is 2.20. The molecule has 12 heavy (non-hydrogen) atoms. The summed E-state index contributed by atoms with van der Waals surface area (Å²) in [5, 5.41) is 0. The van der Waals surface area contributed by atoms with Gasteiger partial charge >= 0.3 is 0 Å². The monoisotopic (exact) mass is 171 g/mol. The number of methoxy groups -OCH3 is 1. The molecule has 0 spiro atoms. The van der Waals surface area contributed by atoms with E-state index in [0.717, 1.165) is 25.0 Å². The van der Waals surface area contributed by atoms with Crippen molar-refractivity contribution in [1.29, 1.82) is 0 Å². The predicted molar refractivity (Wildman–Crippen MR) is 51.0 cm³/mol. The Morgan fingerprint density at radius 2 is 2.08 bits per heavy atom. The average Bonchev–Trinajstić information content (AvgIpc) is 2.06. The Bertz CT molecular complexity index is 100. The van der Waals surface area contributed by atoms with Gasteiger partial charge in [-0.2, -0.15) is 0 Å². The molecule has 0 aromatic carbocycles. The van der Waals surface area contributed by atoms with Crippen LogP contribution in [0.1, 0.15) is 32.1 Å². The fourth-order valence-electron chi connectivity index (χ4n) is 2.29. The van der Waals surface area contributed by atoms with E-state index in [-0.39, 0.29) is 0 Å². The molecule has 0 radical (unpaired) electrons. The summed E-state index contributed by atoms with van der Waals surface area (Å²) < 4.78 is 5.18. The molecule has 2 heteroatoms. The molecule has 2 atom stereocenters. The van der Waals surface area contributed by atoms with Crippen molar-refractivity contribution >= 4 is 0 Å². The van der Waals surface area contributed by atoms with Crippen LogP contribution in [0.25, 0.3) is 0 Å². The van der Waals surface area contributed by atoms with E-state index in [4.69, 9.17) is 10.5 Å². The van der Waals surface area contributed by atoms with Crippen molar-refractivity contribution in [3.63, 3.8) is 0 Å². The van der Waals surface area contributed by atoms with Crippen LogP contribution >= 0.6 is 0 Å². The molecular formula is C10H21NO. The van der Waals surface area contributed by atoms with Crippen LogP contribution in [0.3, 0.4) is 0 Å². The van der Waals surface area contributed by atoms with Gasteiger partial charge in [-0.15, -0.1) is 0 Å². The Kier molecular flexibility index (Phi) is 4.62. The number of ether oxygens (including phenoxy) is 1. The van der Waals surface area contributed by atoms with E-state index < -0.39 is 0 Å². The van der Waals surface area contributed by atoms with Crippen molar-refractivity contribution in [3.8, 4) is 0 Å². The Morgan fingerprint density at radius 3 is 2.75 bits per heavy atom. The number of hydrogen-bond donors (Lipinski definition) is 1. The van der Waals surface area contributed by atoms with Crippen molar-refractivity contribution < 1.29 is 4.74 Å². The number of nitrogens with two attached hydrogens (primary N) is 1. The third-order valence-corrected chi connectivity index (χ3v) is 2.87. The van der Waals surface area contributed by atoms with E-state index in [9.17, 15) is 0 Å². The minimum absolute atomic E-state index is 0.806. The lowest BCUT2D eigenvalue weighted by Gasteiger charge is -2.28. The Balaban J connectivity index is 2.20. The normalized spacial score (nSPS) is 30.5. The molecule has 0 heterocycles. The second-order valence-electron chi connectivity index (χ2n) is 3.93. The lowest BCUT2D eigenvalue weighted by molar-refractivity contribution is 0.113. The topological polar surface area (TPSA) is 35.2 Å². The average molecular weight is 171 g/mol. The van der Waals surface area contributed by atoms with Crippen LogP contribution in [0.2, 0.25) is 0 Å². The molecular weight excluding hydrogens is 150 g/mol. The predicted octanol–water partition coefficient (Wildman–Crippen LogP) is 1.79. The molecule has 0 saturated heterocycles. The molecule has 2 nitrogen and oxygen atoms in total. The quantitative estimate of drug-likeness (QED) is 0.700. The minimum atomic E-state index is 0.806. The zero-order chi connectivity index (χ0) is 8.81. The van der Waals surface area contributed by atoms with Gasteiger partial charge in [0.1, 0.15) is 0 Å². The second kappa shape index (κ2) is 5.55. The molecule has 1 aliphatic rings. The molecule has 0 aromatic heterocycles. The first-order valence-electron chi connectivity index (χ1n) is 5.05. The first-order valence-corrected chi connectivity index (χ1v) is 5.05. The highest BCUT2D eigenvalue weighted by Crippen LogP contribution is 2.30. The zero-order valence-corrected chi connectivity index (χ0v) is 8.09. The van der Waals surface area contributed by atoms with Gasteiger partial charge in [0.2, 0.25) is 0 Å². The van der Waals surface area contributed by atoms with E-state index in [1.165, 1.54) is 32.1 Å². The van der Waals surface area contributed by atoms with E-state index in [0.29, 0.717) is 0 Å². The van der Waals surface area contributed by atoms with Crippen LogP contribution in [-0.2, 0) is 4.74 Å². The van der Waals surface area contributed by atoms with Gasteiger partial charge in [-0.1, -0.05) is 12.8 Å². The van der Waals surface area contributed by atoms with Crippen LogP contribution in [0.15, 0.2) is 0 Å². The second-order valence-corrected chi connectivity index (χ2v) is 3.93. The smallest absolute Gasteiger partial charge is 0.0490 e. The van der Waals surface area contributed by atoms with E-state index in [1.54, 1.807) is 7.11 Å². The molecule has 0 aromatic rings. The largest absolute Gasteiger partial charge is 0.384 e. The Hall–Kier alpha value is -0.0800. The van der Waals surface area contributed by atoms with Gasteiger partial charge in [0, 0.05) is 13.7 Å². The molecule has 0 amide bonds. The van der Waals surface area contributed by atoms with Crippen molar-refractivity contribution in [2.45, 2.75) is 32.1 Å². The molecule has 1 rings (SSSR count). The van der Waals surface area contributed by atoms with Crippen LogP contribution in [-0.4, -0.2) is 20.3 Å². The summed E-state index contributed by atoms with van der Waals surface area (Å²) in [6, 6.07) is 0. The van der Waals surface area contributed by atoms with Gasteiger partial charge in [0.15, 0.2) is 0 Å². The molecule has 1 fully saturated rings. The number of rotatable bonds is 4. The van der Waals surface area contributed by atoms with Crippen molar-refractivity contribution in [1.82, 2.24) is 0 Å². The maximum atomic E-state index is 5.55. The lowest BCUT2D eigenvalue weighted by Crippen LogP contribution is -2.21. The standard InChI is InChI=1S/C10H21NO/c1-12-8-10-4-2-3-9(7-10)5-6-11/h9-10H,2-8,11H2,1H3. The van der Waals surface area contributed by atoms with E-state index in [1.807, 2.05) is 0 Å². The molecule has 0 bridgehead atoms. The maximum Gasteiger partial charge on any atom is 0.0490 e. The molecule has 0 aliphatic heterocycles. The first kappa shape index (κ1) is 10.0. The van der Waals surface area contributed by atoms with Gasteiger partial charge in [0.25, 0.3) is 0 Å². The molecule has 2 N–H and O–H groups in total. The molecule has 72 valence electrons. The van der Waals surface area contributed by atoms with Crippen LogP contribution < -0.4 is 5.73 Å². The van der Waals surface area contributed by atoms with Crippen molar-refractivity contribution in [3.05, 3.63) is 0 Å². The molecule has 1 aliphatic carbocycles. The molecule has 1 saturated carbocycles. The third kappa shape index (κ3) is 3.11. The maximum absolute atomic E-state index is 5.55. The van der Waals surface area contributed by atoms with Crippen LogP contribution in [0, 0.1) is 11.8 Å². The summed E-state index contributed by atoms with van der Waals surface area (Å²) in [7, 11) is 1.80. The van der Waals surface area contributed by atoms with Gasteiger partial charge in [-0.05, 0) is 37.6 Å². The third-order valence-electron chi connectivity index (χ3n) is 2.87. The summed E-state index contributed by atoms with van der Waals surface area (Å²) >= 11 is 0. The first-order chi connectivity index (χ1) is 5.86. The highest BCUT2D eigenvalue weighted by atomic mass is 16.5. The zero-order valence-electron chi connectivity index (χ0n) is 8.09. The summed E-state index contributed by atoms with van der Waals surface area (Å²) in [4.78, 5) is 0. The van der Waals surface area contributed by atoms with Gasteiger partial charge < -0.3 is 10.5 Å².